The summed E-state index contributed by atoms with van der Waals surface area (Å²) < 4.78 is 1.81. The number of benzene rings is 2. The van der Waals surface area contributed by atoms with Gasteiger partial charge in [0.15, 0.2) is 0 Å². The number of hydrogen-bond acceptors (Lipinski definition) is 3. The first-order valence-corrected chi connectivity index (χ1v) is 10.5. The van der Waals surface area contributed by atoms with Crippen LogP contribution in [0.25, 0.3) is 5.69 Å². The molecule has 4 rings (SSSR count). The fraction of sp³-hybridized carbons (Fsp3) is 0.238. The van der Waals surface area contributed by atoms with E-state index in [1.807, 2.05) is 78.0 Å². The molecule has 3 aromatic rings. The predicted octanol–water partition coefficient (Wildman–Crippen LogP) is 5.40. The van der Waals surface area contributed by atoms with E-state index in [4.69, 9.17) is 16.7 Å². The Hall–Kier alpha value is -2.24. The van der Waals surface area contributed by atoms with Crippen LogP contribution in [-0.4, -0.2) is 15.7 Å². The van der Waals surface area contributed by atoms with Gasteiger partial charge in [0.05, 0.1) is 17.3 Å². The number of hydrogen-bond donors (Lipinski definition) is 1. The lowest BCUT2D eigenvalue weighted by Crippen LogP contribution is -2.23. The standard InChI is InChI=1S/C21H20ClN3OS/c1-2-17(14-7-4-3-5-8-14)21(26)23-20-18-12-27-13-19(18)24-25(20)16-10-6-9-15(22)11-16/h3-11,17H,2,12-13H2,1H3,(H,23,26)/t17-/m1/s1. The zero-order valence-electron chi connectivity index (χ0n) is 15.0. The molecular formula is C21H20ClN3OS. The molecule has 0 radical (unpaired) electrons. The molecule has 2 aromatic carbocycles. The molecule has 138 valence electrons. The van der Waals surface area contributed by atoms with Gasteiger partial charge in [0.25, 0.3) is 0 Å². The van der Waals surface area contributed by atoms with Crippen LogP contribution >= 0.6 is 23.4 Å². The Morgan fingerprint density at radius 2 is 2.04 bits per heavy atom. The number of carbonyl (C=O) groups is 1. The number of halogens is 1. The van der Waals surface area contributed by atoms with Gasteiger partial charge in [-0.25, -0.2) is 4.68 Å². The molecule has 2 heterocycles. The topological polar surface area (TPSA) is 46.9 Å². The first-order valence-electron chi connectivity index (χ1n) is 8.97. The summed E-state index contributed by atoms with van der Waals surface area (Å²) in [5.74, 6) is 2.27. The summed E-state index contributed by atoms with van der Waals surface area (Å²) >= 11 is 7.98. The SMILES string of the molecule is CC[C@@H](C(=O)Nc1c2c(nn1-c1cccc(Cl)c1)CSC2)c1ccccc1. The molecule has 0 saturated heterocycles. The summed E-state index contributed by atoms with van der Waals surface area (Å²) in [5, 5.41) is 8.54. The zero-order chi connectivity index (χ0) is 18.8. The van der Waals surface area contributed by atoms with Crippen molar-refractivity contribution in [2.75, 3.05) is 5.32 Å². The van der Waals surface area contributed by atoms with Crippen molar-refractivity contribution < 1.29 is 4.79 Å². The monoisotopic (exact) mass is 397 g/mol. The van der Waals surface area contributed by atoms with Crippen LogP contribution < -0.4 is 5.32 Å². The van der Waals surface area contributed by atoms with E-state index in [1.165, 1.54) is 0 Å². The fourth-order valence-corrected chi connectivity index (χ4v) is 4.62. The number of amides is 1. The fourth-order valence-electron chi connectivity index (χ4n) is 3.40. The quantitative estimate of drug-likeness (QED) is 0.626. The highest BCUT2D eigenvalue weighted by atomic mass is 35.5. The lowest BCUT2D eigenvalue weighted by molar-refractivity contribution is -0.117. The van der Waals surface area contributed by atoms with Gasteiger partial charge in [0, 0.05) is 22.1 Å². The van der Waals surface area contributed by atoms with Crippen molar-refractivity contribution in [2.45, 2.75) is 30.8 Å². The average molecular weight is 398 g/mol. The Labute approximate surface area is 167 Å². The van der Waals surface area contributed by atoms with Gasteiger partial charge in [0.2, 0.25) is 5.91 Å². The summed E-state index contributed by atoms with van der Waals surface area (Å²) in [6, 6.07) is 17.4. The molecule has 27 heavy (non-hydrogen) atoms. The second-order valence-corrected chi connectivity index (χ2v) is 7.94. The second-order valence-electron chi connectivity index (χ2n) is 6.52. The predicted molar refractivity (Wildman–Crippen MR) is 112 cm³/mol. The second kappa shape index (κ2) is 7.79. The third-order valence-electron chi connectivity index (χ3n) is 4.77. The molecule has 0 aliphatic carbocycles. The first kappa shape index (κ1) is 18.1. The molecule has 1 amide bonds. The smallest absolute Gasteiger partial charge is 0.233 e. The van der Waals surface area contributed by atoms with Crippen molar-refractivity contribution in [3.8, 4) is 5.69 Å². The Morgan fingerprint density at radius 3 is 2.78 bits per heavy atom. The molecule has 0 unspecified atom stereocenters. The van der Waals surface area contributed by atoms with Gasteiger partial charge in [-0.15, -0.1) is 0 Å². The summed E-state index contributed by atoms with van der Waals surface area (Å²) in [6.07, 6.45) is 0.734. The van der Waals surface area contributed by atoms with Crippen LogP contribution in [0.2, 0.25) is 5.02 Å². The van der Waals surface area contributed by atoms with Crippen LogP contribution in [-0.2, 0) is 16.3 Å². The maximum absolute atomic E-state index is 13.1. The van der Waals surface area contributed by atoms with Crippen molar-refractivity contribution in [1.29, 1.82) is 0 Å². The van der Waals surface area contributed by atoms with Gasteiger partial charge >= 0.3 is 0 Å². The van der Waals surface area contributed by atoms with Crippen molar-refractivity contribution in [1.82, 2.24) is 9.78 Å². The highest BCUT2D eigenvalue weighted by Gasteiger charge is 2.27. The molecule has 0 saturated carbocycles. The summed E-state index contributed by atoms with van der Waals surface area (Å²) in [4.78, 5) is 13.1. The summed E-state index contributed by atoms with van der Waals surface area (Å²) in [7, 11) is 0. The zero-order valence-corrected chi connectivity index (χ0v) is 16.6. The number of thioether (sulfide) groups is 1. The molecule has 1 atom stereocenters. The lowest BCUT2D eigenvalue weighted by atomic mass is 9.95. The van der Waals surface area contributed by atoms with E-state index in [1.54, 1.807) is 0 Å². The minimum atomic E-state index is -0.196. The van der Waals surface area contributed by atoms with Crippen LogP contribution in [0, 0.1) is 0 Å². The van der Waals surface area contributed by atoms with E-state index in [2.05, 4.69) is 5.32 Å². The van der Waals surface area contributed by atoms with Gasteiger partial charge in [-0.05, 0) is 30.2 Å². The summed E-state index contributed by atoms with van der Waals surface area (Å²) in [6.45, 7) is 2.03. The maximum Gasteiger partial charge on any atom is 0.233 e. The van der Waals surface area contributed by atoms with Gasteiger partial charge in [-0.1, -0.05) is 54.9 Å². The normalized spacial score (nSPS) is 14.0. The molecule has 1 aromatic heterocycles. The Balaban J connectivity index is 1.70. The molecule has 1 N–H and O–H groups in total. The number of carbonyl (C=O) groups excluding carboxylic acids is 1. The number of anilines is 1. The molecule has 0 bridgehead atoms. The average Bonchev–Trinajstić information content (AvgIpc) is 3.26. The Morgan fingerprint density at radius 1 is 1.22 bits per heavy atom. The number of nitrogens with zero attached hydrogens (tertiary/aromatic N) is 2. The van der Waals surface area contributed by atoms with Crippen LogP contribution in [0.3, 0.4) is 0 Å². The van der Waals surface area contributed by atoms with E-state index in [0.29, 0.717) is 5.02 Å². The molecule has 1 aliphatic heterocycles. The van der Waals surface area contributed by atoms with Gasteiger partial charge in [0.1, 0.15) is 5.82 Å². The Kier molecular flexibility index (Phi) is 5.23. The highest BCUT2D eigenvalue weighted by molar-refractivity contribution is 7.98. The molecular weight excluding hydrogens is 378 g/mol. The third kappa shape index (κ3) is 3.62. The van der Waals surface area contributed by atoms with E-state index < -0.39 is 0 Å². The molecule has 0 spiro atoms. The molecule has 1 aliphatic rings. The third-order valence-corrected chi connectivity index (χ3v) is 5.98. The van der Waals surface area contributed by atoms with Crippen molar-refractivity contribution in [3.05, 3.63) is 76.4 Å². The van der Waals surface area contributed by atoms with Crippen molar-refractivity contribution in [2.24, 2.45) is 0 Å². The van der Waals surface area contributed by atoms with E-state index in [0.717, 1.165) is 46.3 Å². The van der Waals surface area contributed by atoms with Crippen LogP contribution in [0.1, 0.15) is 36.1 Å². The Bertz CT molecular complexity index is 971. The van der Waals surface area contributed by atoms with Crippen LogP contribution in [0.15, 0.2) is 54.6 Å². The number of rotatable bonds is 5. The molecule has 6 heteroatoms. The van der Waals surface area contributed by atoms with Crippen LogP contribution in [0.4, 0.5) is 5.82 Å². The van der Waals surface area contributed by atoms with E-state index >= 15 is 0 Å². The number of aromatic nitrogens is 2. The van der Waals surface area contributed by atoms with E-state index in [-0.39, 0.29) is 11.8 Å². The molecule has 0 fully saturated rings. The largest absolute Gasteiger partial charge is 0.310 e. The number of fused-ring (bicyclic) bond motifs is 1. The van der Waals surface area contributed by atoms with E-state index in [9.17, 15) is 4.79 Å². The maximum atomic E-state index is 13.1. The molecule has 4 nitrogen and oxygen atoms in total. The van der Waals surface area contributed by atoms with Crippen molar-refractivity contribution >= 4 is 35.1 Å². The highest BCUT2D eigenvalue weighted by Crippen LogP contribution is 2.37. The summed E-state index contributed by atoms with van der Waals surface area (Å²) in [5.41, 5.74) is 4.02. The van der Waals surface area contributed by atoms with Crippen molar-refractivity contribution in [3.63, 3.8) is 0 Å². The van der Waals surface area contributed by atoms with Gasteiger partial charge in [-0.2, -0.15) is 16.9 Å². The number of nitrogens with one attached hydrogen (secondary N) is 1. The lowest BCUT2D eigenvalue weighted by Gasteiger charge is -2.17. The van der Waals surface area contributed by atoms with Crippen LogP contribution in [0.5, 0.6) is 0 Å². The minimum absolute atomic E-state index is 0.00780. The first-order chi connectivity index (χ1) is 13.2. The minimum Gasteiger partial charge on any atom is -0.310 e. The van der Waals surface area contributed by atoms with Gasteiger partial charge < -0.3 is 5.32 Å². The van der Waals surface area contributed by atoms with Gasteiger partial charge in [-0.3, -0.25) is 4.79 Å².